The molecule has 3 aromatic carbocycles. The SMILES string of the molecule is CCOC(=O)C1=C(C)N=c2s/c(=C\c3ccc(OCc4ccc(C#N)cc4)c(OCC)c3)c(=O)n2[C@H]1c1ccccc1Cl. The summed E-state index contributed by atoms with van der Waals surface area (Å²) >= 11 is 7.81. The van der Waals surface area contributed by atoms with Gasteiger partial charge in [-0.05, 0) is 73.9 Å². The Morgan fingerprint density at radius 2 is 1.84 bits per heavy atom. The fraction of sp³-hybridized carbons (Fsp3) is 0.212. The minimum absolute atomic E-state index is 0.185. The molecule has 10 heteroatoms. The summed E-state index contributed by atoms with van der Waals surface area (Å²) in [6.07, 6.45) is 1.77. The van der Waals surface area contributed by atoms with E-state index in [2.05, 4.69) is 11.1 Å². The van der Waals surface area contributed by atoms with Crippen molar-refractivity contribution < 1.29 is 19.0 Å². The highest BCUT2D eigenvalue weighted by atomic mass is 35.5. The number of thiazole rings is 1. The summed E-state index contributed by atoms with van der Waals surface area (Å²) in [5, 5.41) is 9.44. The van der Waals surface area contributed by atoms with Gasteiger partial charge < -0.3 is 14.2 Å². The number of esters is 1. The van der Waals surface area contributed by atoms with Crippen molar-refractivity contribution in [1.29, 1.82) is 5.26 Å². The number of hydrogen-bond donors (Lipinski definition) is 0. The van der Waals surface area contributed by atoms with E-state index < -0.39 is 12.0 Å². The Kier molecular flexibility index (Phi) is 9.10. The summed E-state index contributed by atoms with van der Waals surface area (Å²) in [7, 11) is 0. The van der Waals surface area contributed by atoms with Crippen molar-refractivity contribution in [3.05, 3.63) is 125 Å². The van der Waals surface area contributed by atoms with Crippen LogP contribution in [0.4, 0.5) is 0 Å². The maximum Gasteiger partial charge on any atom is 0.338 e. The van der Waals surface area contributed by atoms with Gasteiger partial charge in [-0.15, -0.1) is 0 Å². The molecule has 0 amide bonds. The normalized spacial score (nSPS) is 14.5. The molecule has 218 valence electrons. The van der Waals surface area contributed by atoms with E-state index in [1.807, 2.05) is 37.3 Å². The molecular formula is C33H28ClN3O5S. The summed E-state index contributed by atoms with van der Waals surface area (Å²) in [4.78, 5) is 32.1. The van der Waals surface area contributed by atoms with Crippen LogP contribution in [0.1, 0.15) is 49.1 Å². The molecule has 0 spiro atoms. The Balaban J connectivity index is 1.54. The number of fused-ring (bicyclic) bond motifs is 1. The van der Waals surface area contributed by atoms with E-state index in [4.69, 9.17) is 31.1 Å². The van der Waals surface area contributed by atoms with Crippen LogP contribution in [0.25, 0.3) is 6.08 Å². The van der Waals surface area contributed by atoms with E-state index in [1.165, 1.54) is 15.9 Å². The van der Waals surface area contributed by atoms with Crippen molar-refractivity contribution >= 4 is 35.0 Å². The van der Waals surface area contributed by atoms with Gasteiger partial charge in [-0.3, -0.25) is 9.36 Å². The van der Waals surface area contributed by atoms with Crippen LogP contribution in [0.5, 0.6) is 11.5 Å². The Morgan fingerprint density at radius 3 is 2.53 bits per heavy atom. The molecule has 0 unspecified atom stereocenters. The van der Waals surface area contributed by atoms with Crippen LogP contribution in [0.3, 0.4) is 0 Å². The third-order valence-corrected chi connectivity index (χ3v) is 8.09. The molecular weight excluding hydrogens is 586 g/mol. The summed E-state index contributed by atoms with van der Waals surface area (Å²) in [5.74, 6) is 0.547. The van der Waals surface area contributed by atoms with Gasteiger partial charge in [0.1, 0.15) is 12.6 Å². The molecule has 0 N–H and O–H groups in total. The zero-order valence-corrected chi connectivity index (χ0v) is 25.4. The molecule has 4 aromatic rings. The largest absolute Gasteiger partial charge is 0.490 e. The number of nitriles is 1. The average Bonchev–Trinajstić information content (AvgIpc) is 3.30. The highest BCUT2D eigenvalue weighted by Crippen LogP contribution is 2.34. The number of carbonyl (C=O) groups is 1. The standard InChI is InChI=1S/C33H28ClN3O5S/c1-4-40-27-16-23(14-15-26(27)42-19-22-12-10-21(18-35)11-13-22)17-28-31(38)37-30(24-8-6-7-9-25(24)34)29(32(39)41-5-2)20(3)36-33(37)43-28/h6-17,30H,4-5,19H2,1-3H3/b28-17-/t30-/m0/s1. The van der Waals surface area contributed by atoms with Gasteiger partial charge in [0, 0.05) is 5.02 Å². The second-order valence-electron chi connectivity index (χ2n) is 9.56. The third-order valence-electron chi connectivity index (χ3n) is 6.76. The fourth-order valence-electron chi connectivity index (χ4n) is 4.77. The Bertz CT molecular complexity index is 1940. The third kappa shape index (κ3) is 6.26. The van der Waals surface area contributed by atoms with Gasteiger partial charge in [-0.2, -0.15) is 5.26 Å². The number of halogens is 1. The number of rotatable bonds is 9. The maximum absolute atomic E-state index is 13.9. The summed E-state index contributed by atoms with van der Waals surface area (Å²) in [6, 6.07) is 21.1. The average molecular weight is 614 g/mol. The number of benzene rings is 3. The lowest BCUT2D eigenvalue weighted by atomic mass is 9.96. The molecule has 1 aliphatic heterocycles. The molecule has 1 aromatic heterocycles. The lowest BCUT2D eigenvalue weighted by Crippen LogP contribution is -2.40. The lowest BCUT2D eigenvalue weighted by Gasteiger charge is -2.25. The molecule has 0 saturated heterocycles. The zero-order valence-electron chi connectivity index (χ0n) is 23.8. The maximum atomic E-state index is 13.9. The predicted molar refractivity (Wildman–Crippen MR) is 165 cm³/mol. The molecule has 43 heavy (non-hydrogen) atoms. The number of carbonyl (C=O) groups excluding carboxylic acids is 1. The van der Waals surface area contributed by atoms with Crippen molar-refractivity contribution in [2.75, 3.05) is 13.2 Å². The topological polar surface area (TPSA) is 103 Å². The fourth-order valence-corrected chi connectivity index (χ4v) is 6.06. The number of ether oxygens (including phenoxy) is 3. The second kappa shape index (κ2) is 13.1. The van der Waals surface area contributed by atoms with E-state index in [0.717, 1.165) is 11.1 Å². The van der Waals surface area contributed by atoms with Crippen molar-refractivity contribution in [2.45, 2.75) is 33.4 Å². The first-order chi connectivity index (χ1) is 20.8. The molecule has 0 fully saturated rings. The van der Waals surface area contributed by atoms with Crippen LogP contribution in [-0.2, 0) is 16.1 Å². The van der Waals surface area contributed by atoms with E-state index >= 15 is 0 Å². The summed E-state index contributed by atoms with van der Waals surface area (Å²) < 4.78 is 19.2. The molecule has 1 atom stereocenters. The van der Waals surface area contributed by atoms with Gasteiger partial charge in [-0.1, -0.05) is 59.3 Å². The first kappa shape index (κ1) is 29.8. The Hall–Kier alpha value is -4.65. The summed E-state index contributed by atoms with van der Waals surface area (Å²) in [6.45, 7) is 6.25. The predicted octanol–water partition coefficient (Wildman–Crippen LogP) is 5.30. The van der Waals surface area contributed by atoms with Gasteiger partial charge >= 0.3 is 5.97 Å². The van der Waals surface area contributed by atoms with Crippen LogP contribution in [0.15, 0.2) is 87.8 Å². The molecule has 8 nitrogen and oxygen atoms in total. The van der Waals surface area contributed by atoms with Crippen LogP contribution in [0.2, 0.25) is 5.02 Å². The van der Waals surface area contributed by atoms with Crippen LogP contribution < -0.4 is 24.4 Å². The van der Waals surface area contributed by atoms with E-state index in [1.54, 1.807) is 56.3 Å². The highest BCUT2D eigenvalue weighted by molar-refractivity contribution is 7.07. The monoisotopic (exact) mass is 613 g/mol. The molecule has 1 aliphatic rings. The van der Waals surface area contributed by atoms with Crippen molar-refractivity contribution in [1.82, 2.24) is 4.57 Å². The highest BCUT2D eigenvalue weighted by Gasteiger charge is 2.34. The second-order valence-corrected chi connectivity index (χ2v) is 11.0. The van der Waals surface area contributed by atoms with Crippen molar-refractivity contribution in [3.63, 3.8) is 0 Å². The van der Waals surface area contributed by atoms with Gasteiger partial charge in [0.15, 0.2) is 16.3 Å². The van der Waals surface area contributed by atoms with Crippen LogP contribution in [-0.4, -0.2) is 23.8 Å². The van der Waals surface area contributed by atoms with Crippen molar-refractivity contribution in [3.8, 4) is 17.6 Å². The molecule has 5 rings (SSSR count). The number of nitrogens with zero attached hydrogens (tertiary/aromatic N) is 3. The quantitative estimate of drug-likeness (QED) is 0.237. The Labute approximate surface area is 257 Å². The zero-order chi connectivity index (χ0) is 30.5. The van der Waals surface area contributed by atoms with Crippen LogP contribution in [0, 0.1) is 11.3 Å². The molecule has 0 radical (unpaired) electrons. The minimum Gasteiger partial charge on any atom is -0.490 e. The first-order valence-corrected chi connectivity index (χ1v) is 14.9. The van der Waals surface area contributed by atoms with E-state index in [-0.39, 0.29) is 17.7 Å². The lowest BCUT2D eigenvalue weighted by molar-refractivity contribution is -0.139. The van der Waals surface area contributed by atoms with E-state index in [0.29, 0.717) is 55.9 Å². The Morgan fingerprint density at radius 1 is 1.07 bits per heavy atom. The van der Waals surface area contributed by atoms with Gasteiger partial charge in [-0.25, -0.2) is 9.79 Å². The van der Waals surface area contributed by atoms with Gasteiger partial charge in [0.25, 0.3) is 5.56 Å². The smallest absolute Gasteiger partial charge is 0.338 e. The first-order valence-electron chi connectivity index (χ1n) is 13.7. The number of hydrogen-bond acceptors (Lipinski definition) is 8. The van der Waals surface area contributed by atoms with Crippen molar-refractivity contribution in [2.24, 2.45) is 4.99 Å². The molecule has 0 aliphatic carbocycles. The molecule has 0 saturated carbocycles. The summed E-state index contributed by atoms with van der Waals surface area (Å²) in [5.41, 5.74) is 3.28. The number of allylic oxidation sites excluding steroid dienone is 1. The molecule has 0 bridgehead atoms. The van der Waals surface area contributed by atoms with E-state index in [9.17, 15) is 9.59 Å². The minimum atomic E-state index is -0.789. The van der Waals surface area contributed by atoms with Crippen LogP contribution >= 0.6 is 22.9 Å². The number of aromatic nitrogens is 1. The van der Waals surface area contributed by atoms with Gasteiger partial charge in [0.05, 0.1) is 40.6 Å². The van der Waals surface area contributed by atoms with Gasteiger partial charge in [0.2, 0.25) is 0 Å². The molecule has 2 heterocycles.